The van der Waals surface area contributed by atoms with Gasteiger partial charge in [-0.05, 0) is 24.3 Å². The van der Waals surface area contributed by atoms with E-state index in [1.54, 1.807) is 6.20 Å². The Morgan fingerprint density at radius 2 is 1.81 bits per heavy atom. The van der Waals surface area contributed by atoms with Crippen LogP contribution in [0.2, 0.25) is 0 Å². The van der Waals surface area contributed by atoms with Gasteiger partial charge in [-0.1, -0.05) is 13.8 Å². The molecule has 0 atom stereocenters. The van der Waals surface area contributed by atoms with Crippen LogP contribution in [0.1, 0.15) is 31.2 Å². The summed E-state index contributed by atoms with van der Waals surface area (Å²) in [5.41, 5.74) is -0.862. The first-order chi connectivity index (χ1) is 12.1. The third-order valence-electron chi connectivity index (χ3n) is 4.46. The third kappa shape index (κ3) is 3.64. The Kier molecular flexibility index (Phi) is 4.87. The molecule has 1 aliphatic rings. The molecule has 1 fully saturated rings. The lowest BCUT2D eigenvalue weighted by atomic mass is 10.0. The molecule has 0 saturated carbocycles. The lowest BCUT2D eigenvalue weighted by Gasteiger charge is -2.38. The Hall–Kier alpha value is -1.87. The molecular weight excluding hydrogens is 367 g/mol. The van der Waals surface area contributed by atoms with Gasteiger partial charge in [0.2, 0.25) is 10.0 Å². The van der Waals surface area contributed by atoms with Crippen molar-refractivity contribution in [3.63, 3.8) is 0 Å². The van der Waals surface area contributed by atoms with E-state index in [2.05, 4.69) is 4.98 Å². The molecule has 1 aromatic carbocycles. The first kappa shape index (κ1) is 18.9. The van der Waals surface area contributed by atoms with Gasteiger partial charge in [0.05, 0.1) is 10.5 Å². The number of imidazole rings is 1. The van der Waals surface area contributed by atoms with Crippen molar-refractivity contribution < 1.29 is 21.6 Å². The van der Waals surface area contributed by atoms with Gasteiger partial charge in [0.25, 0.3) is 0 Å². The summed E-state index contributed by atoms with van der Waals surface area (Å²) in [5, 5.41) is 0. The van der Waals surface area contributed by atoms with Crippen LogP contribution in [0.25, 0.3) is 0 Å². The molecular formula is C17H20F3N3O2S. The van der Waals surface area contributed by atoms with Gasteiger partial charge in [0, 0.05) is 43.9 Å². The van der Waals surface area contributed by atoms with Crippen LogP contribution >= 0.6 is 0 Å². The molecule has 1 aliphatic heterocycles. The van der Waals surface area contributed by atoms with Crippen LogP contribution in [0, 0.1) is 5.92 Å². The molecule has 3 rings (SSSR count). The van der Waals surface area contributed by atoms with E-state index in [-0.39, 0.29) is 16.7 Å². The highest BCUT2D eigenvalue weighted by atomic mass is 32.2. The second-order valence-electron chi connectivity index (χ2n) is 6.80. The molecule has 9 heteroatoms. The summed E-state index contributed by atoms with van der Waals surface area (Å²) in [7, 11) is -3.76. The number of rotatable bonds is 5. The number of hydrogen-bond donors (Lipinski definition) is 0. The van der Waals surface area contributed by atoms with Gasteiger partial charge in [0.1, 0.15) is 5.82 Å². The number of hydrogen-bond acceptors (Lipinski definition) is 3. The van der Waals surface area contributed by atoms with Crippen LogP contribution in [-0.2, 0) is 22.7 Å². The smallest absolute Gasteiger partial charge is 0.334 e. The van der Waals surface area contributed by atoms with Gasteiger partial charge in [-0.25, -0.2) is 13.4 Å². The Morgan fingerprint density at radius 1 is 1.19 bits per heavy atom. The quantitative estimate of drug-likeness (QED) is 0.791. The van der Waals surface area contributed by atoms with Crippen LogP contribution in [-0.4, -0.2) is 35.4 Å². The van der Waals surface area contributed by atoms with Gasteiger partial charge >= 0.3 is 6.18 Å². The van der Waals surface area contributed by atoms with E-state index in [9.17, 15) is 21.6 Å². The van der Waals surface area contributed by atoms with Crippen LogP contribution < -0.4 is 0 Å². The monoisotopic (exact) mass is 387 g/mol. The third-order valence-corrected chi connectivity index (χ3v) is 6.31. The number of nitrogens with zero attached hydrogens (tertiary/aromatic N) is 3. The maximum Gasteiger partial charge on any atom is 0.416 e. The molecule has 1 saturated heterocycles. The first-order valence-corrected chi connectivity index (χ1v) is 9.71. The highest BCUT2D eigenvalue weighted by Gasteiger charge is 2.37. The van der Waals surface area contributed by atoms with Crippen LogP contribution in [0.4, 0.5) is 13.2 Å². The molecule has 0 radical (unpaired) electrons. The summed E-state index contributed by atoms with van der Waals surface area (Å²) in [4.78, 5) is 4.19. The van der Waals surface area contributed by atoms with Gasteiger partial charge < -0.3 is 4.57 Å². The molecule has 0 unspecified atom stereocenters. The lowest BCUT2D eigenvalue weighted by molar-refractivity contribution is -0.137. The van der Waals surface area contributed by atoms with E-state index in [1.165, 1.54) is 4.31 Å². The lowest BCUT2D eigenvalue weighted by Crippen LogP contribution is -2.51. The molecule has 0 N–H and O–H groups in total. The number of benzene rings is 1. The highest BCUT2D eigenvalue weighted by Crippen LogP contribution is 2.31. The highest BCUT2D eigenvalue weighted by molar-refractivity contribution is 7.89. The van der Waals surface area contributed by atoms with E-state index in [4.69, 9.17) is 0 Å². The normalized spacial score (nSPS) is 16.8. The standard InChI is InChI=1S/C17H20F3N3O2S/c1-12(2)16-21-7-8-22(16)9-13-10-23(11-13)26(24,25)15-5-3-14(4-6-15)17(18,19)20/h3-8,12-13H,9-11H2,1-2H3. The number of aromatic nitrogens is 2. The van der Waals surface area contributed by atoms with Crippen molar-refractivity contribution >= 4 is 10.0 Å². The maximum atomic E-state index is 12.6. The number of alkyl halides is 3. The minimum atomic E-state index is -4.48. The zero-order valence-electron chi connectivity index (χ0n) is 14.4. The zero-order chi connectivity index (χ0) is 19.1. The molecule has 0 aliphatic carbocycles. The Labute approximate surface area is 150 Å². The predicted octanol–water partition coefficient (Wildman–Crippen LogP) is 3.35. The molecule has 142 valence electrons. The van der Waals surface area contributed by atoms with Crippen molar-refractivity contribution in [1.82, 2.24) is 13.9 Å². The SMILES string of the molecule is CC(C)c1nccn1CC1CN(S(=O)(=O)c2ccc(C(F)(F)F)cc2)C1. The predicted molar refractivity (Wildman–Crippen MR) is 90.0 cm³/mol. The summed E-state index contributed by atoms with van der Waals surface area (Å²) >= 11 is 0. The topological polar surface area (TPSA) is 55.2 Å². The fourth-order valence-electron chi connectivity index (χ4n) is 3.05. The van der Waals surface area contributed by atoms with Crippen molar-refractivity contribution in [1.29, 1.82) is 0 Å². The van der Waals surface area contributed by atoms with E-state index in [1.807, 2.05) is 24.6 Å². The molecule has 1 aromatic heterocycles. The molecule has 2 heterocycles. The van der Waals surface area contributed by atoms with E-state index >= 15 is 0 Å². The minimum absolute atomic E-state index is 0.116. The van der Waals surface area contributed by atoms with Gasteiger partial charge in [-0.3, -0.25) is 0 Å². The first-order valence-electron chi connectivity index (χ1n) is 8.27. The molecule has 2 aromatic rings. The average molecular weight is 387 g/mol. The molecule has 0 bridgehead atoms. The average Bonchev–Trinajstić information content (AvgIpc) is 2.98. The Balaban J connectivity index is 1.65. The van der Waals surface area contributed by atoms with Crippen molar-refractivity contribution in [3.05, 3.63) is 48.0 Å². The van der Waals surface area contributed by atoms with E-state index < -0.39 is 21.8 Å². The van der Waals surface area contributed by atoms with Crippen LogP contribution in [0.3, 0.4) is 0 Å². The van der Waals surface area contributed by atoms with E-state index in [0.717, 1.165) is 30.1 Å². The van der Waals surface area contributed by atoms with Gasteiger partial charge in [0.15, 0.2) is 0 Å². The summed E-state index contributed by atoms with van der Waals surface area (Å²) in [6, 6.07) is 3.62. The van der Waals surface area contributed by atoms with Crippen LogP contribution in [0.5, 0.6) is 0 Å². The van der Waals surface area contributed by atoms with Crippen molar-refractivity contribution in [2.24, 2.45) is 5.92 Å². The maximum absolute atomic E-state index is 12.6. The molecule has 0 amide bonds. The van der Waals surface area contributed by atoms with E-state index in [0.29, 0.717) is 19.6 Å². The van der Waals surface area contributed by atoms with Gasteiger partial charge in [-0.15, -0.1) is 0 Å². The molecule has 0 spiro atoms. The van der Waals surface area contributed by atoms with Gasteiger partial charge in [-0.2, -0.15) is 17.5 Å². The second kappa shape index (κ2) is 6.70. The number of sulfonamides is 1. The Morgan fingerprint density at radius 3 is 2.35 bits per heavy atom. The molecule has 26 heavy (non-hydrogen) atoms. The minimum Gasteiger partial charge on any atom is -0.334 e. The Bertz CT molecular complexity index is 867. The van der Waals surface area contributed by atoms with Crippen molar-refractivity contribution in [2.75, 3.05) is 13.1 Å². The second-order valence-corrected chi connectivity index (χ2v) is 8.74. The fraction of sp³-hybridized carbons (Fsp3) is 0.471. The van der Waals surface area contributed by atoms with Crippen LogP contribution in [0.15, 0.2) is 41.6 Å². The fourth-order valence-corrected chi connectivity index (χ4v) is 4.65. The van der Waals surface area contributed by atoms with Crippen molar-refractivity contribution in [2.45, 2.75) is 37.4 Å². The summed E-state index contributed by atoms with van der Waals surface area (Å²) in [5.74, 6) is 1.39. The molecule has 5 nitrogen and oxygen atoms in total. The largest absolute Gasteiger partial charge is 0.416 e. The van der Waals surface area contributed by atoms with Crippen molar-refractivity contribution in [3.8, 4) is 0 Å². The zero-order valence-corrected chi connectivity index (χ0v) is 15.3. The number of halogens is 3. The summed E-state index contributed by atoms with van der Waals surface area (Å²) in [6.45, 7) is 5.45. The summed E-state index contributed by atoms with van der Waals surface area (Å²) in [6.07, 6.45) is -0.879. The summed E-state index contributed by atoms with van der Waals surface area (Å²) < 4.78 is 66.2.